The molecule has 6 nitrogen and oxygen atoms in total. The standard InChI is InChI=1S/C16H27N5O/c1-12(2)9-13-5-8-20(10-13)16(22)15-11-21(19-18-15)14-3-6-17-7-4-14/h11-14,17H,3-10H2,1-2H3. The molecular formula is C16H27N5O. The van der Waals surface area contributed by atoms with Crippen LogP contribution in [0.5, 0.6) is 0 Å². The zero-order valence-electron chi connectivity index (χ0n) is 13.7. The first-order valence-corrected chi connectivity index (χ1v) is 8.55. The molecule has 122 valence electrons. The Labute approximate surface area is 132 Å². The Morgan fingerprint density at radius 2 is 2.14 bits per heavy atom. The van der Waals surface area contributed by atoms with Gasteiger partial charge in [0, 0.05) is 13.1 Å². The van der Waals surface area contributed by atoms with E-state index in [9.17, 15) is 4.79 Å². The fourth-order valence-electron chi connectivity index (χ4n) is 3.66. The normalized spacial score (nSPS) is 23.4. The quantitative estimate of drug-likeness (QED) is 0.920. The van der Waals surface area contributed by atoms with E-state index < -0.39 is 0 Å². The van der Waals surface area contributed by atoms with Crippen LogP contribution in [0.25, 0.3) is 0 Å². The van der Waals surface area contributed by atoms with Crippen LogP contribution in [0.4, 0.5) is 0 Å². The molecular weight excluding hydrogens is 278 g/mol. The zero-order chi connectivity index (χ0) is 15.5. The van der Waals surface area contributed by atoms with Gasteiger partial charge in [-0.2, -0.15) is 0 Å². The van der Waals surface area contributed by atoms with Gasteiger partial charge in [-0.25, -0.2) is 4.68 Å². The van der Waals surface area contributed by atoms with Gasteiger partial charge in [-0.05, 0) is 50.6 Å². The Hall–Kier alpha value is -1.43. The van der Waals surface area contributed by atoms with Crippen molar-refractivity contribution in [1.29, 1.82) is 0 Å². The van der Waals surface area contributed by atoms with Crippen LogP contribution in [0, 0.1) is 11.8 Å². The topological polar surface area (TPSA) is 63.1 Å². The first kappa shape index (κ1) is 15.5. The maximum atomic E-state index is 12.6. The molecule has 0 spiro atoms. The van der Waals surface area contributed by atoms with E-state index >= 15 is 0 Å². The molecule has 2 aliphatic rings. The van der Waals surface area contributed by atoms with E-state index in [1.54, 1.807) is 0 Å². The molecule has 3 heterocycles. The first-order chi connectivity index (χ1) is 10.6. The molecule has 0 bridgehead atoms. The van der Waals surface area contributed by atoms with Gasteiger partial charge in [0.25, 0.3) is 5.91 Å². The van der Waals surface area contributed by atoms with Gasteiger partial charge < -0.3 is 10.2 Å². The summed E-state index contributed by atoms with van der Waals surface area (Å²) in [5.74, 6) is 1.38. The lowest BCUT2D eigenvalue weighted by Gasteiger charge is -2.22. The second-order valence-electron chi connectivity index (χ2n) is 7.10. The summed E-state index contributed by atoms with van der Waals surface area (Å²) in [5.41, 5.74) is 0.503. The average molecular weight is 305 g/mol. The Morgan fingerprint density at radius 1 is 1.36 bits per heavy atom. The molecule has 0 aromatic carbocycles. The molecule has 2 fully saturated rings. The van der Waals surface area contributed by atoms with E-state index in [0.717, 1.165) is 45.4 Å². The second kappa shape index (κ2) is 6.77. The predicted molar refractivity (Wildman–Crippen MR) is 84.6 cm³/mol. The molecule has 1 aromatic rings. The molecule has 3 rings (SSSR count). The summed E-state index contributed by atoms with van der Waals surface area (Å²) in [4.78, 5) is 14.5. The minimum atomic E-state index is 0.0476. The molecule has 1 amide bonds. The molecule has 1 aromatic heterocycles. The lowest BCUT2D eigenvalue weighted by Crippen LogP contribution is -2.30. The van der Waals surface area contributed by atoms with Crippen molar-refractivity contribution in [2.24, 2.45) is 11.8 Å². The number of piperidine rings is 1. The SMILES string of the molecule is CC(C)CC1CCN(C(=O)c2cn(C3CCNCC3)nn2)C1. The second-order valence-corrected chi connectivity index (χ2v) is 7.10. The molecule has 2 aliphatic heterocycles. The maximum Gasteiger partial charge on any atom is 0.276 e. The summed E-state index contributed by atoms with van der Waals surface area (Å²) < 4.78 is 1.88. The predicted octanol–water partition coefficient (Wildman–Crippen LogP) is 1.71. The van der Waals surface area contributed by atoms with E-state index in [1.807, 2.05) is 15.8 Å². The number of likely N-dealkylation sites (tertiary alicyclic amines) is 1. The van der Waals surface area contributed by atoms with Crippen LogP contribution in [-0.2, 0) is 0 Å². The Kier molecular flexibility index (Phi) is 4.76. The highest BCUT2D eigenvalue weighted by atomic mass is 16.2. The first-order valence-electron chi connectivity index (χ1n) is 8.55. The number of nitrogens with zero attached hydrogens (tertiary/aromatic N) is 4. The maximum absolute atomic E-state index is 12.6. The lowest BCUT2D eigenvalue weighted by atomic mass is 9.97. The number of amides is 1. The minimum Gasteiger partial charge on any atom is -0.337 e. The Bertz CT molecular complexity index is 506. The number of hydrogen-bond donors (Lipinski definition) is 1. The minimum absolute atomic E-state index is 0.0476. The number of hydrogen-bond acceptors (Lipinski definition) is 4. The highest BCUT2D eigenvalue weighted by Crippen LogP contribution is 2.24. The molecule has 1 unspecified atom stereocenters. The monoisotopic (exact) mass is 305 g/mol. The lowest BCUT2D eigenvalue weighted by molar-refractivity contribution is 0.0779. The van der Waals surface area contributed by atoms with Crippen molar-refractivity contribution in [3.05, 3.63) is 11.9 Å². The van der Waals surface area contributed by atoms with Gasteiger partial charge in [-0.1, -0.05) is 19.1 Å². The van der Waals surface area contributed by atoms with Crippen molar-refractivity contribution in [1.82, 2.24) is 25.2 Å². The highest BCUT2D eigenvalue weighted by molar-refractivity contribution is 5.92. The van der Waals surface area contributed by atoms with Crippen molar-refractivity contribution in [3.63, 3.8) is 0 Å². The van der Waals surface area contributed by atoms with Crippen molar-refractivity contribution in [3.8, 4) is 0 Å². The van der Waals surface area contributed by atoms with Crippen LogP contribution in [0.2, 0.25) is 0 Å². The van der Waals surface area contributed by atoms with Gasteiger partial charge in [-0.15, -0.1) is 5.10 Å². The van der Waals surface area contributed by atoms with Crippen LogP contribution < -0.4 is 5.32 Å². The molecule has 22 heavy (non-hydrogen) atoms. The smallest absolute Gasteiger partial charge is 0.276 e. The fourth-order valence-corrected chi connectivity index (χ4v) is 3.66. The van der Waals surface area contributed by atoms with Crippen LogP contribution >= 0.6 is 0 Å². The molecule has 6 heteroatoms. The van der Waals surface area contributed by atoms with Gasteiger partial charge in [0.2, 0.25) is 0 Å². The fraction of sp³-hybridized carbons (Fsp3) is 0.812. The van der Waals surface area contributed by atoms with Gasteiger partial charge in [-0.3, -0.25) is 4.79 Å². The van der Waals surface area contributed by atoms with Crippen LogP contribution in [0.1, 0.15) is 56.1 Å². The number of aromatic nitrogens is 3. The van der Waals surface area contributed by atoms with E-state index in [0.29, 0.717) is 23.6 Å². The van der Waals surface area contributed by atoms with E-state index in [1.165, 1.54) is 6.42 Å². The molecule has 0 aliphatic carbocycles. The van der Waals surface area contributed by atoms with Crippen LogP contribution in [-0.4, -0.2) is 52.0 Å². The summed E-state index contributed by atoms with van der Waals surface area (Å²) in [6.07, 6.45) is 6.26. The summed E-state index contributed by atoms with van der Waals surface area (Å²) in [6.45, 7) is 8.24. The number of carbonyl (C=O) groups excluding carboxylic acids is 1. The molecule has 0 radical (unpaired) electrons. The average Bonchev–Trinajstić information content (AvgIpc) is 3.16. The van der Waals surface area contributed by atoms with E-state index in [4.69, 9.17) is 0 Å². The van der Waals surface area contributed by atoms with Gasteiger partial charge >= 0.3 is 0 Å². The third-order valence-electron chi connectivity index (χ3n) is 4.79. The van der Waals surface area contributed by atoms with Crippen molar-refractivity contribution < 1.29 is 4.79 Å². The molecule has 2 saturated heterocycles. The molecule has 1 N–H and O–H groups in total. The Morgan fingerprint density at radius 3 is 2.86 bits per heavy atom. The van der Waals surface area contributed by atoms with Crippen molar-refractivity contribution >= 4 is 5.91 Å². The van der Waals surface area contributed by atoms with Crippen molar-refractivity contribution in [2.45, 2.75) is 45.6 Å². The third-order valence-corrected chi connectivity index (χ3v) is 4.79. The summed E-state index contributed by atoms with van der Waals surface area (Å²) in [6, 6.07) is 0.377. The largest absolute Gasteiger partial charge is 0.337 e. The third kappa shape index (κ3) is 3.48. The van der Waals surface area contributed by atoms with E-state index in [-0.39, 0.29) is 5.91 Å². The Balaban J connectivity index is 1.60. The highest BCUT2D eigenvalue weighted by Gasteiger charge is 2.29. The summed E-state index contributed by atoms with van der Waals surface area (Å²) in [7, 11) is 0. The molecule has 0 saturated carbocycles. The number of nitrogens with one attached hydrogen (secondary N) is 1. The van der Waals surface area contributed by atoms with Gasteiger partial charge in [0.1, 0.15) is 0 Å². The van der Waals surface area contributed by atoms with Crippen LogP contribution in [0.3, 0.4) is 0 Å². The van der Waals surface area contributed by atoms with Gasteiger partial charge in [0.05, 0.1) is 12.2 Å². The molecule has 1 atom stereocenters. The van der Waals surface area contributed by atoms with Gasteiger partial charge in [0.15, 0.2) is 5.69 Å². The van der Waals surface area contributed by atoms with Crippen molar-refractivity contribution in [2.75, 3.05) is 26.2 Å². The zero-order valence-corrected chi connectivity index (χ0v) is 13.7. The van der Waals surface area contributed by atoms with Crippen LogP contribution in [0.15, 0.2) is 6.20 Å². The van der Waals surface area contributed by atoms with E-state index in [2.05, 4.69) is 29.5 Å². The number of rotatable bonds is 4. The number of carbonyl (C=O) groups is 1. The summed E-state index contributed by atoms with van der Waals surface area (Å²) in [5, 5.41) is 11.7. The summed E-state index contributed by atoms with van der Waals surface area (Å²) >= 11 is 0.